The van der Waals surface area contributed by atoms with Crippen LogP contribution < -0.4 is 5.32 Å². The van der Waals surface area contributed by atoms with Crippen LogP contribution in [0.1, 0.15) is 15.2 Å². The molecule has 0 fully saturated rings. The van der Waals surface area contributed by atoms with E-state index in [1.807, 2.05) is 0 Å². The van der Waals surface area contributed by atoms with Crippen LogP contribution in [0, 0.1) is 5.82 Å². The Labute approximate surface area is 135 Å². The zero-order valence-electron chi connectivity index (χ0n) is 11.2. The van der Waals surface area contributed by atoms with Gasteiger partial charge in [0, 0.05) is 11.3 Å². The molecule has 2 aromatic carbocycles. The smallest absolute Gasteiger partial charge is 0.206 e. The highest BCUT2D eigenvalue weighted by atomic mass is 35.5. The molecule has 0 saturated carbocycles. The maximum Gasteiger partial charge on any atom is 0.206 e. The quantitative estimate of drug-likeness (QED) is 0.690. The molecule has 1 heterocycles. The first-order valence-electron chi connectivity index (χ1n) is 6.41. The predicted octanol–water partition coefficient (Wildman–Crippen LogP) is 4.91. The van der Waals surface area contributed by atoms with Crippen LogP contribution >= 0.6 is 22.9 Å². The van der Waals surface area contributed by atoms with E-state index in [-0.39, 0.29) is 11.6 Å². The van der Waals surface area contributed by atoms with Gasteiger partial charge in [-0.25, -0.2) is 9.37 Å². The Morgan fingerprint density at radius 2 is 2.00 bits per heavy atom. The van der Waals surface area contributed by atoms with Gasteiger partial charge < -0.3 is 5.32 Å². The number of nitrogens with zero attached hydrogens (tertiary/aromatic N) is 1. The number of anilines is 2. The van der Waals surface area contributed by atoms with E-state index in [4.69, 9.17) is 11.6 Å². The summed E-state index contributed by atoms with van der Waals surface area (Å²) in [5.74, 6) is -0.524. The standard InChI is InChI=1S/C16H10ClFN2OS/c17-13-7-2-1-6-12(13)15(21)14-9-19-16(22-14)20-11-5-3-4-10(18)8-11/h1-9H,(H,19,20). The highest BCUT2D eigenvalue weighted by molar-refractivity contribution is 7.17. The average Bonchev–Trinajstić information content (AvgIpc) is 2.95. The van der Waals surface area contributed by atoms with Crippen LogP contribution in [-0.4, -0.2) is 10.8 Å². The summed E-state index contributed by atoms with van der Waals surface area (Å²) in [6, 6.07) is 12.9. The molecular formula is C16H10ClFN2OS. The van der Waals surface area contributed by atoms with E-state index < -0.39 is 0 Å². The first-order chi connectivity index (χ1) is 10.6. The lowest BCUT2D eigenvalue weighted by Gasteiger charge is -2.02. The fraction of sp³-hybridized carbons (Fsp3) is 0. The van der Waals surface area contributed by atoms with Crippen molar-refractivity contribution in [3.05, 3.63) is 76.0 Å². The lowest BCUT2D eigenvalue weighted by molar-refractivity contribution is 0.104. The molecule has 3 rings (SSSR count). The summed E-state index contributed by atoms with van der Waals surface area (Å²) in [4.78, 5) is 17.0. The summed E-state index contributed by atoms with van der Waals surface area (Å²) in [7, 11) is 0. The Hall–Kier alpha value is -2.24. The lowest BCUT2D eigenvalue weighted by atomic mass is 10.1. The van der Waals surface area contributed by atoms with Crippen LogP contribution in [0.5, 0.6) is 0 Å². The topological polar surface area (TPSA) is 42.0 Å². The molecule has 3 nitrogen and oxygen atoms in total. The number of rotatable bonds is 4. The van der Waals surface area contributed by atoms with Crippen molar-refractivity contribution < 1.29 is 9.18 Å². The van der Waals surface area contributed by atoms with Crippen LogP contribution in [0.2, 0.25) is 5.02 Å². The lowest BCUT2D eigenvalue weighted by Crippen LogP contribution is -1.99. The van der Waals surface area contributed by atoms with Gasteiger partial charge in [0.05, 0.1) is 16.1 Å². The van der Waals surface area contributed by atoms with Crippen LogP contribution in [0.25, 0.3) is 0 Å². The van der Waals surface area contributed by atoms with Gasteiger partial charge in [-0.05, 0) is 30.3 Å². The van der Waals surface area contributed by atoms with Crippen molar-refractivity contribution in [1.82, 2.24) is 4.98 Å². The van der Waals surface area contributed by atoms with E-state index >= 15 is 0 Å². The Morgan fingerprint density at radius 1 is 1.18 bits per heavy atom. The summed E-state index contributed by atoms with van der Waals surface area (Å²) >= 11 is 7.22. The molecule has 0 radical (unpaired) electrons. The zero-order chi connectivity index (χ0) is 15.5. The average molecular weight is 333 g/mol. The van der Waals surface area contributed by atoms with E-state index in [2.05, 4.69) is 10.3 Å². The molecule has 0 amide bonds. The molecule has 1 N–H and O–H groups in total. The van der Waals surface area contributed by atoms with Gasteiger partial charge in [-0.15, -0.1) is 0 Å². The minimum absolute atomic E-state index is 0.185. The van der Waals surface area contributed by atoms with Crippen LogP contribution in [0.4, 0.5) is 15.2 Å². The van der Waals surface area contributed by atoms with E-state index in [1.165, 1.54) is 29.7 Å². The monoisotopic (exact) mass is 332 g/mol. The normalized spacial score (nSPS) is 10.5. The van der Waals surface area contributed by atoms with Gasteiger partial charge in [-0.2, -0.15) is 0 Å². The molecule has 110 valence electrons. The van der Waals surface area contributed by atoms with Gasteiger partial charge in [-0.3, -0.25) is 4.79 Å². The van der Waals surface area contributed by atoms with Gasteiger partial charge in [0.15, 0.2) is 5.13 Å². The SMILES string of the molecule is O=C(c1cnc(Nc2cccc(F)c2)s1)c1ccccc1Cl. The minimum atomic E-state index is -0.339. The van der Waals surface area contributed by atoms with Gasteiger partial charge in [-0.1, -0.05) is 41.1 Å². The maximum absolute atomic E-state index is 13.1. The highest BCUT2D eigenvalue weighted by Crippen LogP contribution is 2.26. The number of ketones is 1. The van der Waals surface area contributed by atoms with Gasteiger partial charge in [0.2, 0.25) is 5.78 Å². The van der Waals surface area contributed by atoms with Crippen LogP contribution in [-0.2, 0) is 0 Å². The predicted molar refractivity (Wildman–Crippen MR) is 86.7 cm³/mol. The minimum Gasteiger partial charge on any atom is -0.331 e. The highest BCUT2D eigenvalue weighted by Gasteiger charge is 2.15. The zero-order valence-corrected chi connectivity index (χ0v) is 12.8. The Kier molecular flexibility index (Phi) is 4.18. The molecule has 0 atom stereocenters. The molecular weight excluding hydrogens is 323 g/mol. The third kappa shape index (κ3) is 3.16. The number of thiazole rings is 1. The second kappa shape index (κ2) is 6.25. The van der Waals surface area contributed by atoms with Gasteiger partial charge in [0.1, 0.15) is 5.82 Å². The molecule has 0 unspecified atom stereocenters. The number of hydrogen-bond acceptors (Lipinski definition) is 4. The molecule has 0 saturated heterocycles. The first-order valence-corrected chi connectivity index (χ1v) is 7.60. The fourth-order valence-corrected chi connectivity index (χ4v) is 2.92. The second-order valence-corrected chi connectivity index (χ2v) is 5.91. The molecule has 0 aliphatic rings. The summed E-state index contributed by atoms with van der Waals surface area (Å²) in [5.41, 5.74) is 1.01. The number of aromatic nitrogens is 1. The number of carbonyl (C=O) groups is 1. The number of benzene rings is 2. The molecule has 1 aromatic heterocycles. The van der Waals surface area contributed by atoms with Crippen molar-refractivity contribution in [3.63, 3.8) is 0 Å². The summed E-state index contributed by atoms with van der Waals surface area (Å²) < 4.78 is 13.1. The number of nitrogens with one attached hydrogen (secondary N) is 1. The van der Waals surface area contributed by atoms with Gasteiger partial charge >= 0.3 is 0 Å². The van der Waals surface area contributed by atoms with Crippen molar-refractivity contribution in [1.29, 1.82) is 0 Å². The molecule has 0 bridgehead atoms. The molecule has 0 spiro atoms. The van der Waals surface area contributed by atoms with Crippen LogP contribution in [0.15, 0.2) is 54.7 Å². The van der Waals surface area contributed by atoms with Crippen molar-refractivity contribution >= 4 is 39.5 Å². The Balaban J connectivity index is 1.82. The van der Waals surface area contributed by atoms with E-state index in [9.17, 15) is 9.18 Å². The van der Waals surface area contributed by atoms with E-state index in [0.717, 1.165) is 0 Å². The van der Waals surface area contributed by atoms with E-state index in [0.29, 0.717) is 26.3 Å². The Morgan fingerprint density at radius 3 is 2.77 bits per heavy atom. The number of halogens is 2. The molecule has 6 heteroatoms. The van der Waals surface area contributed by atoms with Crippen molar-refractivity contribution in [2.24, 2.45) is 0 Å². The van der Waals surface area contributed by atoms with E-state index in [1.54, 1.807) is 36.4 Å². The molecule has 0 aliphatic heterocycles. The van der Waals surface area contributed by atoms with Gasteiger partial charge in [0.25, 0.3) is 0 Å². The molecule has 0 aliphatic carbocycles. The third-order valence-corrected chi connectivity index (χ3v) is 4.16. The Bertz CT molecular complexity index is 834. The fourth-order valence-electron chi connectivity index (χ4n) is 1.90. The summed E-state index contributed by atoms with van der Waals surface area (Å²) in [5, 5.41) is 3.89. The molecule has 22 heavy (non-hydrogen) atoms. The van der Waals surface area contributed by atoms with Crippen LogP contribution in [0.3, 0.4) is 0 Å². The molecule has 3 aromatic rings. The van der Waals surface area contributed by atoms with Crippen molar-refractivity contribution in [3.8, 4) is 0 Å². The first kappa shape index (κ1) is 14.7. The maximum atomic E-state index is 13.1. The summed E-state index contributed by atoms with van der Waals surface area (Å²) in [6.45, 7) is 0. The van der Waals surface area contributed by atoms with Crippen molar-refractivity contribution in [2.45, 2.75) is 0 Å². The summed E-state index contributed by atoms with van der Waals surface area (Å²) in [6.07, 6.45) is 1.48. The second-order valence-electron chi connectivity index (χ2n) is 4.47. The third-order valence-electron chi connectivity index (χ3n) is 2.92. The number of hydrogen-bond donors (Lipinski definition) is 1. The van der Waals surface area contributed by atoms with Crippen molar-refractivity contribution in [2.75, 3.05) is 5.32 Å². The largest absolute Gasteiger partial charge is 0.331 e. The number of carbonyl (C=O) groups excluding carboxylic acids is 1.